The molecule has 1 aromatic carbocycles. The van der Waals surface area contributed by atoms with Crippen molar-refractivity contribution in [2.75, 3.05) is 19.6 Å². The zero-order chi connectivity index (χ0) is 14.5. The largest absolute Gasteiger partial charge is 0.504 e. The second-order valence-electron chi connectivity index (χ2n) is 5.63. The number of hydrogen-bond acceptors (Lipinski definition) is 4. The summed E-state index contributed by atoms with van der Waals surface area (Å²) in [5, 5.41) is 18.7. The Morgan fingerprint density at radius 2 is 1.95 bits per heavy atom. The van der Waals surface area contributed by atoms with Crippen molar-refractivity contribution in [2.45, 2.75) is 32.6 Å². The first-order chi connectivity index (χ1) is 9.60. The van der Waals surface area contributed by atoms with Crippen LogP contribution < -0.4 is 0 Å². The fraction of sp³-hybridized carbons (Fsp3) is 0.562. The standard InChI is InChI=1S/C16H23NO3/c1-2-3-12-6-8-17(9-7-12)11-16(20)13-4-5-14(18)15(19)10-13/h4-5,10,12,18-19H,2-3,6-9,11H2,1H3. The Morgan fingerprint density at radius 3 is 2.55 bits per heavy atom. The lowest BCUT2D eigenvalue weighted by molar-refractivity contribution is 0.0892. The predicted octanol–water partition coefficient (Wildman–Crippen LogP) is 2.79. The number of ketones is 1. The normalized spacial score (nSPS) is 17.2. The first kappa shape index (κ1) is 14.9. The highest BCUT2D eigenvalue weighted by Gasteiger charge is 2.21. The van der Waals surface area contributed by atoms with Gasteiger partial charge < -0.3 is 10.2 Å². The molecule has 1 aromatic rings. The van der Waals surface area contributed by atoms with Crippen LogP contribution in [0.25, 0.3) is 0 Å². The molecule has 20 heavy (non-hydrogen) atoms. The number of aromatic hydroxyl groups is 2. The minimum atomic E-state index is -0.238. The minimum Gasteiger partial charge on any atom is -0.504 e. The molecule has 1 heterocycles. The third-order valence-corrected chi connectivity index (χ3v) is 4.07. The van der Waals surface area contributed by atoms with Crippen molar-refractivity contribution in [1.82, 2.24) is 4.90 Å². The highest BCUT2D eigenvalue weighted by Crippen LogP contribution is 2.26. The molecule has 0 aliphatic carbocycles. The van der Waals surface area contributed by atoms with Crippen molar-refractivity contribution in [3.8, 4) is 11.5 Å². The Balaban J connectivity index is 1.87. The first-order valence-corrected chi connectivity index (χ1v) is 7.37. The van der Waals surface area contributed by atoms with Crippen LogP contribution in [-0.2, 0) is 0 Å². The third kappa shape index (κ3) is 3.73. The van der Waals surface area contributed by atoms with Crippen LogP contribution in [0, 0.1) is 5.92 Å². The second kappa shape index (κ2) is 6.75. The fourth-order valence-corrected chi connectivity index (χ4v) is 2.83. The predicted molar refractivity (Wildman–Crippen MR) is 78.2 cm³/mol. The Labute approximate surface area is 120 Å². The Morgan fingerprint density at radius 1 is 1.25 bits per heavy atom. The second-order valence-corrected chi connectivity index (χ2v) is 5.63. The SMILES string of the molecule is CCCC1CCN(CC(=O)c2ccc(O)c(O)c2)CC1. The number of nitrogens with zero attached hydrogens (tertiary/aromatic N) is 1. The molecule has 4 heteroatoms. The lowest BCUT2D eigenvalue weighted by Crippen LogP contribution is -2.37. The highest BCUT2D eigenvalue weighted by atomic mass is 16.3. The quantitative estimate of drug-likeness (QED) is 0.642. The number of piperidine rings is 1. The number of phenols is 2. The van der Waals surface area contributed by atoms with E-state index in [0.29, 0.717) is 12.1 Å². The minimum absolute atomic E-state index is 0.00533. The van der Waals surface area contributed by atoms with Crippen LogP contribution in [0.15, 0.2) is 18.2 Å². The van der Waals surface area contributed by atoms with Gasteiger partial charge in [0.25, 0.3) is 0 Å². The van der Waals surface area contributed by atoms with Crippen molar-refractivity contribution < 1.29 is 15.0 Å². The van der Waals surface area contributed by atoms with Crippen molar-refractivity contribution in [3.05, 3.63) is 23.8 Å². The Bertz CT molecular complexity index is 465. The Hall–Kier alpha value is -1.55. The molecule has 0 aromatic heterocycles. The number of phenolic OH excluding ortho intramolecular Hbond substituents is 2. The monoisotopic (exact) mass is 277 g/mol. The summed E-state index contributed by atoms with van der Waals surface area (Å²) in [4.78, 5) is 14.3. The number of benzene rings is 1. The van der Waals surface area contributed by atoms with E-state index in [2.05, 4.69) is 11.8 Å². The average Bonchev–Trinajstić information content (AvgIpc) is 2.44. The molecule has 1 aliphatic rings. The van der Waals surface area contributed by atoms with Crippen LogP contribution in [0.4, 0.5) is 0 Å². The van der Waals surface area contributed by atoms with Gasteiger partial charge in [-0.05, 0) is 50.0 Å². The van der Waals surface area contributed by atoms with E-state index >= 15 is 0 Å². The van der Waals surface area contributed by atoms with E-state index < -0.39 is 0 Å². The summed E-state index contributed by atoms with van der Waals surface area (Å²) in [5.41, 5.74) is 0.455. The average molecular weight is 277 g/mol. The fourth-order valence-electron chi connectivity index (χ4n) is 2.83. The number of carbonyl (C=O) groups excluding carboxylic acids is 1. The van der Waals surface area contributed by atoms with Gasteiger partial charge in [-0.25, -0.2) is 0 Å². The van der Waals surface area contributed by atoms with Crippen LogP contribution in [0.5, 0.6) is 11.5 Å². The molecule has 1 saturated heterocycles. The van der Waals surface area contributed by atoms with Gasteiger partial charge >= 0.3 is 0 Å². The summed E-state index contributed by atoms with van der Waals surface area (Å²) in [5.74, 6) is 0.373. The molecule has 110 valence electrons. The van der Waals surface area contributed by atoms with Gasteiger partial charge in [-0.2, -0.15) is 0 Å². The number of hydrogen-bond donors (Lipinski definition) is 2. The highest BCUT2D eigenvalue weighted by molar-refractivity contribution is 5.98. The maximum Gasteiger partial charge on any atom is 0.176 e. The zero-order valence-corrected chi connectivity index (χ0v) is 12.0. The van der Waals surface area contributed by atoms with Gasteiger partial charge in [-0.1, -0.05) is 19.8 Å². The molecule has 0 radical (unpaired) electrons. The number of Topliss-reactive ketones (excluding diaryl/α,β-unsaturated/α-hetero) is 1. The summed E-state index contributed by atoms with van der Waals surface area (Å²) < 4.78 is 0. The molecule has 0 atom stereocenters. The maximum absolute atomic E-state index is 12.1. The molecule has 0 spiro atoms. The lowest BCUT2D eigenvalue weighted by Gasteiger charge is -2.31. The molecule has 0 amide bonds. The summed E-state index contributed by atoms with van der Waals surface area (Å²) in [7, 11) is 0. The number of carbonyl (C=O) groups is 1. The van der Waals surface area contributed by atoms with Crippen molar-refractivity contribution in [2.24, 2.45) is 5.92 Å². The lowest BCUT2D eigenvalue weighted by atomic mass is 9.92. The van der Waals surface area contributed by atoms with E-state index in [1.165, 1.54) is 37.8 Å². The van der Waals surface area contributed by atoms with Gasteiger partial charge in [0.2, 0.25) is 0 Å². The molecule has 0 unspecified atom stereocenters. The molecule has 1 aliphatic heterocycles. The summed E-state index contributed by atoms with van der Waals surface area (Å²) >= 11 is 0. The summed E-state index contributed by atoms with van der Waals surface area (Å²) in [6, 6.07) is 4.25. The molecule has 1 fully saturated rings. The van der Waals surface area contributed by atoms with Gasteiger partial charge in [-0.3, -0.25) is 9.69 Å². The van der Waals surface area contributed by atoms with E-state index in [1.807, 2.05) is 0 Å². The van der Waals surface area contributed by atoms with Gasteiger partial charge in [0.15, 0.2) is 17.3 Å². The smallest absolute Gasteiger partial charge is 0.176 e. The number of rotatable bonds is 5. The Kier molecular flexibility index (Phi) is 5.01. The van der Waals surface area contributed by atoms with E-state index in [1.54, 1.807) is 6.07 Å². The molecule has 2 N–H and O–H groups in total. The summed E-state index contributed by atoms with van der Waals surface area (Å²) in [6.07, 6.45) is 4.86. The van der Waals surface area contributed by atoms with E-state index in [4.69, 9.17) is 0 Å². The van der Waals surface area contributed by atoms with Gasteiger partial charge in [0, 0.05) is 5.56 Å². The van der Waals surface area contributed by atoms with Crippen LogP contribution in [0.1, 0.15) is 43.0 Å². The molecular weight excluding hydrogens is 254 g/mol. The van der Waals surface area contributed by atoms with Crippen LogP contribution in [0.3, 0.4) is 0 Å². The first-order valence-electron chi connectivity index (χ1n) is 7.37. The zero-order valence-electron chi connectivity index (χ0n) is 12.0. The van der Waals surface area contributed by atoms with E-state index in [9.17, 15) is 15.0 Å². The molecule has 0 saturated carbocycles. The van der Waals surface area contributed by atoms with Crippen molar-refractivity contribution in [3.63, 3.8) is 0 Å². The van der Waals surface area contributed by atoms with Crippen LogP contribution >= 0.6 is 0 Å². The maximum atomic E-state index is 12.1. The van der Waals surface area contributed by atoms with Crippen LogP contribution in [0.2, 0.25) is 0 Å². The molecule has 2 rings (SSSR count). The molecular formula is C16H23NO3. The third-order valence-electron chi connectivity index (χ3n) is 4.07. The summed E-state index contributed by atoms with van der Waals surface area (Å²) in [6.45, 7) is 4.55. The molecule has 4 nitrogen and oxygen atoms in total. The van der Waals surface area contributed by atoms with Gasteiger partial charge in [0.1, 0.15) is 0 Å². The van der Waals surface area contributed by atoms with Gasteiger partial charge in [-0.15, -0.1) is 0 Å². The number of likely N-dealkylation sites (tertiary alicyclic amines) is 1. The van der Waals surface area contributed by atoms with Crippen molar-refractivity contribution in [1.29, 1.82) is 0 Å². The van der Waals surface area contributed by atoms with Crippen LogP contribution in [-0.4, -0.2) is 40.5 Å². The molecule has 0 bridgehead atoms. The van der Waals surface area contributed by atoms with Gasteiger partial charge in [0.05, 0.1) is 6.54 Å². The van der Waals surface area contributed by atoms with Crippen molar-refractivity contribution >= 4 is 5.78 Å². The topological polar surface area (TPSA) is 60.8 Å². The van der Waals surface area contributed by atoms with E-state index in [-0.39, 0.29) is 17.3 Å². The van der Waals surface area contributed by atoms with E-state index in [0.717, 1.165) is 19.0 Å².